The Kier molecular flexibility index (Phi) is 5.48. The minimum atomic E-state index is -0.936. The zero-order valence-corrected chi connectivity index (χ0v) is 14.1. The highest BCUT2D eigenvalue weighted by Crippen LogP contribution is 2.37. The Morgan fingerprint density at radius 3 is 2.77 bits per heavy atom. The van der Waals surface area contributed by atoms with E-state index in [2.05, 4.69) is 10.3 Å². The van der Waals surface area contributed by atoms with Crippen LogP contribution in [0, 0.1) is 0 Å². The van der Waals surface area contributed by atoms with Crippen molar-refractivity contribution in [2.75, 3.05) is 6.61 Å². The third-order valence-corrected chi connectivity index (χ3v) is 4.45. The standard InChI is InChI=1S/C19H20N2O5/c22-17-6-12(4-5-20-17)10-26-11-18(23)21-16-8-15(9-16)13-2-1-3-14(7-13)19(24)25/h1-7,15-16H,8-11H2,(H,20,22)(H,21,23)(H,24,25). The molecule has 1 aliphatic rings. The number of amides is 1. The van der Waals surface area contributed by atoms with Crippen LogP contribution < -0.4 is 10.9 Å². The number of benzene rings is 1. The van der Waals surface area contributed by atoms with Crippen LogP contribution in [0.25, 0.3) is 0 Å². The Hall–Kier alpha value is -2.93. The maximum absolute atomic E-state index is 11.9. The molecule has 3 N–H and O–H groups in total. The second-order valence-electron chi connectivity index (χ2n) is 6.42. The molecular formula is C19H20N2O5. The van der Waals surface area contributed by atoms with E-state index in [1.807, 2.05) is 6.07 Å². The van der Waals surface area contributed by atoms with Gasteiger partial charge in [0.05, 0.1) is 12.2 Å². The average molecular weight is 356 g/mol. The van der Waals surface area contributed by atoms with E-state index in [1.165, 1.54) is 12.3 Å². The van der Waals surface area contributed by atoms with E-state index >= 15 is 0 Å². The highest BCUT2D eigenvalue weighted by Gasteiger charge is 2.31. The summed E-state index contributed by atoms with van der Waals surface area (Å²) in [5.41, 5.74) is 1.77. The molecule has 1 fully saturated rings. The Morgan fingerprint density at radius 1 is 1.23 bits per heavy atom. The van der Waals surface area contributed by atoms with Gasteiger partial charge in [-0.3, -0.25) is 9.59 Å². The third kappa shape index (κ3) is 4.58. The van der Waals surface area contributed by atoms with Gasteiger partial charge in [0.15, 0.2) is 0 Å². The molecule has 1 aromatic heterocycles. The topological polar surface area (TPSA) is 108 Å². The number of carbonyl (C=O) groups excluding carboxylic acids is 1. The highest BCUT2D eigenvalue weighted by atomic mass is 16.5. The van der Waals surface area contributed by atoms with Gasteiger partial charge < -0.3 is 20.1 Å². The smallest absolute Gasteiger partial charge is 0.335 e. The van der Waals surface area contributed by atoms with Crippen LogP contribution in [0.1, 0.15) is 40.2 Å². The molecule has 1 aliphatic carbocycles. The van der Waals surface area contributed by atoms with Gasteiger partial charge in [-0.1, -0.05) is 12.1 Å². The van der Waals surface area contributed by atoms with Crippen molar-refractivity contribution in [3.63, 3.8) is 0 Å². The number of pyridine rings is 1. The molecule has 7 nitrogen and oxygen atoms in total. The van der Waals surface area contributed by atoms with Gasteiger partial charge in [-0.25, -0.2) is 4.79 Å². The predicted molar refractivity (Wildman–Crippen MR) is 94.0 cm³/mol. The SMILES string of the molecule is O=C(COCc1cc[nH]c(=O)c1)NC1CC(c2cccc(C(=O)O)c2)C1. The van der Waals surface area contributed by atoms with Crippen molar-refractivity contribution in [3.05, 3.63) is 69.6 Å². The summed E-state index contributed by atoms with van der Waals surface area (Å²) in [5, 5.41) is 11.9. The van der Waals surface area contributed by atoms with E-state index in [1.54, 1.807) is 24.3 Å². The normalized spacial score (nSPS) is 18.8. The van der Waals surface area contributed by atoms with E-state index in [9.17, 15) is 14.4 Å². The molecule has 7 heteroatoms. The average Bonchev–Trinajstić information content (AvgIpc) is 2.58. The van der Waals surface area contributed by atoms with Crippen molar-refractivity contribution in [1.82, 2.24) is 10.3 Å². The van der Waals surface area contributed by atoms with Gasteiger partial charge in [-0.05, 0) is 48.1 Å². The van der Waals surface area contributed by atoms with Crippen LogP contribution in [0.15, 0.2) is 47.4 Å². The molecule has 136 valence electrons. The van der Waals surface area contributed by atoms with E-state index in [-0.39, 0.29) is 42.2 Å². The fourth-order valence-corrected chi connectivity index (χ4v) is 3.04. The van der Waals surface area contributed by atoms with Crippen LogP contribution in [0.3, 0.4) is 0 Å². The van der Waals surface area contributed by atoms with Gasteiger partial charge in [-0.15, -0.1) is 0 Å². The number of ether oxygens (including phenoxy) is 1. The molecule has 0 unspecified atom stereocenters. The van der Waals surface area contributed by atoms with Crippen molar-refractivity contribution >= 4 is 11.9 Å². The number of aromatic amines is 1. The molecule has 0 atom stereocenters. The number of rotatable bonds is 7. The molecule has 1 amide bonds. The highest BCUT2D eigenvalue weighted by molar-refractivity contribution is 5.87. The van der Waals surface area contributed by atoms with Crippen molar-refractivity contribution in [3.8, 4) is 0 Å². The quantitative estimate of drug-likeness (QED) is 0.699. The first-order chi connectivity index (χ1) is 12.5. The Morgan fingerprint density at radius 2 is 2.04 bits per heavy atom. The number of aromatic carboxylic acids is 1. The molecule has 0 aliphatic heterocycles. The second-order valence-corrected chi connectivity index (χ2v) is 6.42. The number of aromatic nitrogens is 1. The van der Waals surface area contributed by atoms with Crippen LogP contribution in [0.2, 0.25) is 0 Å². The van der Waals surface area contributed by atoms with Gasteiger partial charge >= 0.3 is 5.97 Å². The second kappa shape index (κ2) is 7.97. The molecule has 3 rings (SSSR count). The first kappa shape index (κ1) is 17.9. The number of hydrogen-bond acceptors (Lipinski definition) is 4. The summed E-state index contributed by atoms with van der Waals surface area (Å²) in [7, 11) is 0. The van der Waals surface area contributed by atoms with Crippen LogP contribution in [-0.4, -0.2) is 34.6 Å². The van der Waals surface area contributed by atoms with Crippen LogP contribution in [-0.2, 0) is 16.1 Å². The molecule has 2 aromatic rings. The lowest BCUT2D eigenvalue weighted by Gasteiger charge is -2.36. The van der Waals surface area contributed by atoms with Gasteiger partial charge in [0.2, 0.25) is 11.5 Å². The lowest BCUT2D eigenvalue weighted by atomic mass is 9.75. The maximum Gasteiger partial charge on any atom is 0.335 e. The van der Waals surface area contributed by atoms with Crippen LogP contribution in [0.4, 0.5) is 0 Å². The molecule has 26 heavy (non-hydrogen) atoms. The third-order valence-electron chi connectivity index (χ3n) is 4.45. The number of H-pyrrole nitrogens is 1. The Balaban J connectivity index is 1.40. The van der Waals surface area contributed by atoms with Crippen molar-refractivity contribution in [2.24, 2.45) is 0 Å². The minimum absolute atomic E-state index is 0.0670. The lowest BCUT2D eigenvalue weighted by molar-refractivity contribution is -0.127. The number of carboxylic acids is 1. The minimum Gasteiger partial charge on any atom is -0.478 e. The number of nitrogens with one attached hydrogen (secondary N) is 2. The molecular weight excluding hydrogens is 336 g/mol. The number of carboxylic acid groups (broad SMARTS) is 1. The Bertz CT molecular complexity index is 855. The lowest BCUT2D eigenvalue weighted by Crippen LogP contribution is -2.44. The molecule has 1 saturated carbocycles. The van der Waals surface area contributed by atoms with E-state index < -0.39 is 5.97 Å². The monoisotopic (exact) mass is 356 g/mol. The maximum atomic E-state index is 11.9. The van der Waals surface area contributed by atoms with E-state index in [4.69, 9.17) is 9.84 Å². The number of carbonyl (C=O) groups is 2. The first-order valence-corrected chi connectivity index (χ1v) is 8.39. The van der Waals surface area contributed by atoms with E-state index in [0.29, 0.717) is 5.56 Å². The first-order valence-electron chi connectivity index (χ1n) is 8.39. The summed E-state index contributed by atoms with van der Waals surface area (Å²) in [6.07, 6.45) is 3.10. The fraction of sp³-hybridized carbons (Fsp3) is 0.316. The van der Waals surface area contributed by atoms with Crippen LogP contribution in [0.5, 0.6) is 0 Å². The van der Waals surface area contributed by atoms with Crippen molar-refractivity contribution in [2.45, 2.75) is 31.4 Å². The predicted octanol–water partition coefficient (Wildman–Crippen LogP) is 1.65. The molecule has 0 spiro atoms. The molecule has 1 aromatic carbocycles. The van der Waals surface area contributed by atoms with Gasteiger partial charge in [0, 0.05) is 18.3 Å². The summed E-state index contributed by atoms with van der Waals surface area (Å²) >= 11 is 0. The summed E-state index contributed by atoms with van der Waals surface area (Å²) in [5.74, 6) is -0.872. The molecule has 0 radical (unpaired) electrons. The summed E-state index contributed by atoms with van der Waals surface area (Å²) < 4.78 is 5.33. The summed E-state index contributed by atoms with van der Waals surface area (Å²) in [6, 6.07) is 10.1. The molecule has 0 saturated heterocycles. The van der Waals surface area contributed by atoms with Gasteiger partial charge in [0.1, 0.15) is 6.61 Å². The summed E-state index contributed by atoms with van der Waals surface area (Å²) in [4.78, 5) is 36.6. The molecule has 1 heterocycles. The van der Waals surface area contributed by atoms with Crippen LogP contribution >= 0.6 is 0 Å². The fourth-order valence-electron chi connectivity index (χ4n) is 3.04. The Labute approximate surface area is 150 Å². The van der Waals surface area contributed by atoms with Crippen molar-refractivity contribution in [1.29, 1.82) is 0 Å². The van der Waals surface area contributed by atoms with Gasteiger partial charge in [0.25, 0.3) is 0 Å². The summed E-state index contributed by atoms with van der Waals surface area (Å²) in [6.45, 7) is 0.134. The largest absolute Gasteiger partial charge is 0.478 e. The van der Waals surface area contributed by atoms with Gasteiger partial charge in [-0.2, -0.15) is 0 Å². The number of hydrogen-bond donors (Lipinski definition) is 3. The van der Waals surface area contributed by atoms with E-state index in [0.717, 1.165) is 18.4 Å². The molecule has 0 bridgehead atoms. The zero-order chi connectivity index (χ0) is 18.5. The zero-order valence-electron chi connectivity index (χ0n) is 14.1. The van der Waals surface area contributed by atoms with Crippen molar-refractivity contribution < 1.29 is 19.4 Å².